The molecule has 1 heterocycles. The van der Waals surface area contributed by atoms with Crippen molar-refractivity contribution in [1.29, 1.82) is 0 Å². The molecular weight excluding hydrogens is 196 g/mol. The highest BCUT2D eigenvalue weighted by Crippen LogP contribution is 2.15. The lowest BCUT2D eigenvalue weighted by atomic mass is 10.00. The lowest BCUT2D eigenvalue weighted by molar-refractivity contribution is -0.129. The molecule has 0 aromatic carbocycles. The van der Waals surface area contributed by atoms with Gasteiger partial charge in [0, 0.05) is 14.0 Å². The van der Waals surface area contributed by atoms with E-state index in [2.05, 4.69) is 15.6 Å². The van der Waals surface area contributed by atoms with E-state index in [-0.39, 0.29) is 11.8 Å². The number of carbonyl (C=O) groups excluding carboxylic acids is 2. The van der Waals surface area contributed by atoms with E-state index in [1.807, 2.05) is 0 Å². The van der Waals surface area contributed by atoms with Crippen molar-refractivity contribution in [1.82, 2.24) is 10.4 Å². The summed E-state index contributed by atoms with van der Waals surface area (Å²) in [6.07, 6.45) is 0. The van der Waals surface area contributed by atoms with E-state index in [4.69, 9.17) is 0 Å². The first-order valence-electron chi connectivity index (χ1n) is 4.57. The van der Waals surface area contributed by atoms with Crippen LogP contribution in [0.15, 0.2) is 10.2 Å². The summed E-state index contributed by atoms with van der Waals surface area (Å²) in [5.74, 6) is -0.830. The van der Waals surface area contributed by atoms with Crippen LogP contribution in [0.1, 0.15) is 20.8 Å². The van der Waals surface area contributed by atoms with Crippen molar-refractivity contribution in [3.05, 3.63) is 0 Å². The smallest absolute Gasteiger partial charge is 0.257 e. The molecule has 0 fully saturated rings. The lowest BCUT2D eigenvalue weighted by Crippen LogP contribution is -2.31. The maximum absolute atomic E-state index is 11.6. The van der Waals surface area contributed by atoms with Crippen molar-refractivity contribution in [3.8, 4) is 0 Å². The summed E-state index contributed by atoms with van der Waals surface area (Å²) in [5.41, 5.74) is 3.53. The molecule has 0 spiro atoms. The first kappa shape index (κ1) is 11.4. The van der Waals surface area contributed by atoms with Crippen LogP contribution < -0.4 is 5.43 Å². The average Bonchev–Trinajstić information content (AvgIpc) is 2.37. The predicted molar refractivity (Wildman–Crippen MR) is 56.3 cm³/mol. The molecule has 0 saturated carbocycles. The zero-order valence-electron chi connectivity index (χ0n) is 9.24. The second kappa shape index (κ2) is 4.20. The van der Waals surface area contributed by atoms with Gasteiger partial charge in [0.05, 0.1) is 11.4 Å². The van der Waals surface area contributed by atoms with Crippen LogP contribution >= 0.6 is 0 Å². The van der Waals surface area contributed by atoms with Crippen LogP contribution in [0.25, 0.3) is 0 Å². The minimum Gasteiger partial charge on any atom is -0.274 e. The van der Waals surface area contributed by atoms with Crippen molar-refractivity contribution in [2.45, 2.75) is 20.8 Å². The molecule has 0 saturated heterocycles. The number of hydrogen-bond acceptors (Lipinski definition) is 4. The normalized spacial score (nSPS) is 21.7. The summed E-state index contributed by atoms with van der Waals surface area (Å²) in [6.45, 7) is 4.82. The Hall–Kier alpha value is -1.72. The van der Waals surface area contributed by atoms with Crippen molar-refractivity contribution in [2.24, 2.45) is 16.1 Å². The summed E-state index contributed by atoms with van der Waals surface area (Å²) < 4.78 is 0. The Morgan fingerprint density at radius 3 is 2.53 bits per heavy atom. The van der Waals surface area contributed by atoms with Gasteiger partial charge in [0.1, 0.15) is 5.92 Å². The molecule has 15 heavy (non-hydrogen) atoms. The molecule has 0 aliphatic carbocycles. The Balaban J connectivity index is 2.81. The van der Waals surface area contributed by atoms with Gasteiger partial charge in [-0.05, 0) is 13.8 Å². The average molecular weight is 210 g/mol. The van der Waals surface area contributed by atoms with E-state index in [1.54, 1.807) is 20.9 Å². The number of amides is 2. The van der Waals surface area contributed by atoms with Crippen LogP contribution in [-0.2, 0) is 9.59 Å². The third-order valence-electron chi connectivity index (χ3n) is 2.10. The van der Waals surface area contributed by atoms with Crippen LogP contribution in [0.5, 0.6) is 0 Å². The van der Waals surface area contributed by atoms with Gasteiger partial charge in [-0.2, -0.15) is 10.2 Å². The minimum absolute atomic E-state index is 0.126. The van der Waals surface area contributed by atoms with Crippen molar-refractivity contribution in [2.75, 3.05) is 7.05 Å². The Morgan fingerprint density at radius 2 is 2.13 bits per heavy atom. The highest BCUT2D eigenvalue weighted by Gasteiger charge is 2.33. The maximum atomic E-state index is 11.6. The van der Waals surface area contributed by atoms with Crippen molar-refractivity contribution < 1.29 is 9.59 Å². The molecule has 6 nitrogen and oxygen atoms in total. The molecule has 1 N–H and O–H groups in total. The quantitative estimate of drug-likeness (QED) is 0.513. The standard InChI is InChI=1S/C9H14N4O2/c1-5(10-11-7(3)14)8-6(2)12-13(4)9(8)15/h8H,1-4H3,(H,11,14)/b10-5-. The fourth-order valence-electron chi connectivity index (χ4n) is 1.42. The molecule has 82 valence electrons. The summed E-state index contributed by atoms with van der Waals surface area (Å²) in [6, 6.07) is 0. The second-order valence-corrected chi connectivity index (χ2v) is 3.46. The predicted octanol–water partition coefficient (Wildman–Crippen LogP) is -0.0375. The SMILES string of the molecule is CC(=O)N/N=C(/C)C1C(=O)N(C)N=C1C. The number of hydrazone groups is 2. The minimum atomic E-state index is -0.443. The van der Waals surface area contributed by atoms with E-state index in [0.717, 1.165) is 0 Å². The van der Waals surface area contributed by atoms with Crippen molar-refractivity contribution >= 4 is 23.2 Å². The van der Waals surface area contributed by atoms with E-state index in [9.17, 15) is 9.59 Å². The monoisotopic (exact) mass is 210 g/mol. The lowest BCUT2D eigenvalue weighted by Gasteiger charge is -2.09. The van der Waals surface area contributed by atoms with E-state index >= 15 is 0 Å². The summed E-state index contributed by atoms with van der Waals surface area (Å²) in [4.78, 5) is 22.3. The van der Waals surface area contributed by atoms with Crippen LogP contribution in [0.4, 0.5) is 0 Å². The molecule has 0 bridgehead atoms. The summed E-state index contributed by atoms with van der Waals surface area (Å²) in [5, 5.41) is 9.12. The molecule has 0 aromatic heterocycles. The highest BCUT2D eigenvalue weighted by molar-refractivity contribution is 6.23. The Bertz CT molecular complexity index is 359. The molecule has 1 rings (SSSR count). The highest BCUT2D eigenvalue weighted by atomic mass is 16.2. The molecule has 1 atom stereocenters. The topological polar surface area (TPSA) is 74.1 Å². The number of nitrogens with zero attached hydrogens (tertiary/aromatic N) is 3. The van der Waals surface area contributed by atoms with Gasteiger partial charge in [-0.25, -0.2) is 10.4 Å². The third-order valence-corrected chi connectivity index (χ3v) is 2.10. The largest absolute Gasteiger partial charge is 0.274 e. The molecule has 6 heteroatoms. The fourth-order valence-corrected chi connectivity index (χ4v) is 1.42. The van der Waals surface area contributed by atoms with Gasteiger partial charge in [0.2, 0.25) is 5.91 Å². The molecule has 1 unspecified atom stereocenters. The van der Waals surface area contributed by atoms with Crippen LogP contribution in [-0.4, -0.2) is 35.3 Å². The molecule has 0 aromatic rings. The van der Waals surface area contributed by atoms with Gasteiger partial charge in [-0.3, -0.25) is 9.59 Å². The maximum Gasteiger partial charge on any atom is 0.257 e. The van der Waals surface area contributed by atoms with Crippen LogP contribution in [0.2, 0.25) is 0 Å². The number of carbonyl (C=O) groups is 2. The summed E-state index contributed by atoms with van der Waals surface area (Å²) >= 11 is 0. The Morgan fingerprint density at radius 1 is 1.53 bits per heavy atom. The molecule has 1 aliphatic heterocycles. The van der Waals surface area contributed by atoms with E-state index in [0.29, 0.717) is 11.4 Å². The number of hydrogen-bond donors (Lipinski definition) is 1. The van der Waals surface area contributed by atoms with Crippen LogP contribution in [0, 0.1) is 5.92 Å². The molecule has 2 amide bonds. The van der Waals surface area contributed by atoms with Gasteiger partial charge in [0.25, 0.3) is 5.91 Å². The van der Waals surface area contributed by atoms with Gasteiger partial charge < -0.3 is 0 Å². The second-order valence-electron chi connectivity index (χ2n) is 3.46. The zero-order valence-corrected chi connectivity index (χ0v) is 9.24. The molecule has 0 radical (unpaired) electrons. The van der Waals surface area contributed by atoms with Crippen molar-refractivity contribution in [3.63, 3.8) is 0 Å². The molecular formula is C9H14N4O2. The number of rotatable bonds is 2. The first-order valence-corrected chi connectivity index (χ1v) is 4.57. The van der Waals surface area contributed by atoms with Gasteiger partial charge in [-0.1, -0.05) is 0 Å². The number of nitrogens with one attached hydrogen (secondary N) is 1. The van der Waals surface area contributed by atoms with Gasteiger partial charge in [0.15, 0.2) is 0 Å². The summed E-state index contributed by atoms with van der Waals surface area (Å²) in [7, 11) is 1.59. The Labute approximate surface area is 88.0 Å². The van der Waals surface area contributed by atoms with E-state index < -0.39 is 5.92 Å². The van der Waals surface area contributed by atoms with E-state index in [1.165, 1.54) is 11.9 Å². The molecule has 1 aliphatic rings. The van der Waals surface area contributed by atoms with Crippen LogP contribution in [0.3, 0.4) is 0 Å². The Kier molecular flexibility index (Phi) is 3.18. The van der Waals surface area contributed by atoms with Gasteiger partial charge in [-0.15, -0.1) is 0 Å². The first-order chi connectivity index (χ1) is 6.93. The fraction of sp³-hybridized carbons (Fsp3) is 0.556. The van der Waals surface area contributed by atoms with Gasteiger partial charge >= 0.3 is 0 Å². The third kappa shape index (κ3) is 2.39. The zero-order chi connectivity index (χ0) is 11.6.